The van der Waals surface area contributed by atoms with Gasteiger partial charge in [-0.3, -0.25) is 4.90 Å². The lowest BCUT2D eigenvalue weighted by Crippen LogP contribution is -2.41. The topological polar surface area (TPSA) is 41.3 Å². The Hall–Kier alpha value is -1.08. The summed E-state index contributed by atoms with van der Waals surface area (Å²) in [4.78, 5) is 1.81. The molecule has 0 bridgehead atoms. The zero-order chi connectivity index (χ0) is 14.9. The number of alkyl halides is 3. The minimum Gasteiger partial charge on any atom is -0.360 e. The van der Waals surface area contributed by atoms with Gasteiger partial charge in [0.15, 0.2) is 5.76 Å². The average molecular weight is 303 g/mol. The maximum absolute atomic E-state index is 12.8. The van der Waals surface area contributed by atoms with E-state index in [9.17, 15) is 13.2 Å². The van der Waals surface area contributed by atoms with Gasteiger partial charge in [-0.1, -0.05) is 5.16 Å². The summed E-state index contributed by atoms with van der Waals surface area (Å²) in [6.45, 7) is 1.81. The minimum atomic E-state index is -4.10. The fraction of sp³-hybridized carbons (Fsp3) is 0.786. The summed E-state index contributed by atoms with van der Waals surface area (Å²) in [5, 5.41) is 7.29. The lowest BCUT2D eigenvalue weighted by Gasteiger charge is -2.32. The fourth-order valence-electron chi connectivity index (χ4n) is 2.74. The highest BCUT2D eigenvalue weighted by Crippen LogP contribution is 2.33. The van der Waals surface area contributed by atoms with Crippen LogP contribution >= 0.6 is 0 Å². The molecule has 1 unspecified atom stereocenters. The first-order chi connectivity index (χ1) is 10.0. The van der Waals surface area contributed by atoms with E-state index in [2.05, 4.69) is 10.5 Å². The Labute approximate surface area is 121 Å². The lowest BCUT2D eigenvalue weighted by atomic mass is 9.97. The minimum absolute atomic E-state index is 0.0554. The molecule has 2 fully saturated rings. The molecule has 4 nitrogen and oxygen atoms in total. The van der Waals surface area contributed by atoms with E-state index in [4.69, 9.17) is 4.52 Å². The van der Waals surface area contributed by atoms with Crippen molar-refractivity contribution in [1.82, 2.24) is 15.4 Å². The number of hydrogen-bond donors (Lipinski definition) is 1. The van der Waals surface area contributed by atoms with Gasteiger partial charge in [0, 0.05) is 25.2 Å². The molecule has 1 saturated heterocycles. The summed E-state index contributed by atoms with van der Waals surface area (Å²) in [6, 6.07) is 2.44. The summed E-state index contributed by atoms with van der Waals surface area (Å²) >= 11 is 0. The van der Waals surface area contributed by atoms with Crippen LogP contribution in [0.1, 0.15) is 37.1 Å². The van der Waals surface area contributed by atoms with Crippen LogP contribution in [0.5, 0.6) is 0 Å². The summed E-state index contributed by atoms with van der Waals surface area (Å²) in [5.74, 6) is -0.574. The number of nitrogens with zero attached hydrogens (tertiary/aromatic N) is 2. The van der Waals surface area contributed by atoms with Crippen molar-refractivity contribution < 1.29 is 17.7 Å². The van der Waals surface area contributed by atoms with Crippen molar-refractivity contribution in [3.05, 3.63) is 17.5 Å². The third-order valence-electron chi connectivity index (χ3n) is 4.10. The van der Waals surface area contributed by atoms with E-state index in [1.807, 2.05) is 6.07 Å². The van der Waals surface area contributed by atoms with Gasteiger partial charge < -0.3 is 9.84 Å². The largest absolute Gasteiger partial charge is 0.393 e. The molecule has 0 radical (unpaired) electrons. The molecule has 1 aliphatic heterocycles. The van der Waals surface area contributed by atoms with E-state index in [0.717, 1.165) is 5.69 Å². The molecule has 21 heavy (non-hydrogen) atoms. The highest BCUT2D eigenvalue weighted by Gasteiger charge is 2.41. The number of piperidine rings is 1. The number of nitrogens with one attached hydrogen (secondary N) is 1. The van der Waals surface area contributed by atoms with Crippen molar-refractivity contribution in [2.45, 2.75) is 51.0 Å². The lowest BCUT2D eigenvalue weighted by molar-refractivity contribution is -0.187. The summed E-state index contributed by atoms with van der Waals surface area (Å²) in [7, 11) is 0. The third-order valence-corrected chi connectivity index (χ3v) is 4.10. The van der Waals surface area contributed by atoms with Crippen LogP contribution in [-0.2, 0) is 13.1 Å². The molecule has 1 atom stereocenters. The molecule has 0 aromatic carbocycles. The van der Waals surface area contributed by atoms with Crippen LogP contribution in [0.3, 0.4) is 0 Å². The first kappa shape index (κ1) is 14.8. The maximum Gasteiger partial charge on any atom is 0.393 e. The van der Waals surface area contributed by atoms with Gasteiger partial charge >= 0.3 is 6.18 Å². The van der Waals surface area contributed by atoms with Gasteiger partial charge in [0.2, 0.25) is 0 Å². The molecule has 1 saturated carbocycles. The smallest absolute Gasteiger partial charge is 0.360 e. The Bertz CT molecular complexity index is 470. The summed E-state index contributed by atoms with van der Waals surface area (Å²) in [6.07, 6.45) is -0.880. The third kappa shape index (κ3) is 4.20. The monoisotopic (exact) mass is 303 g/mol. The SMILES string of the molecule is FC(F)(F)C1CCCN(Cc2cc(CNC3CC3)no2)C1. The first-order valence-corrected chi connectivity index (χ1v) is 7.47. The number of hydrogen-bond acceptors (Lipinski definition) is 4. The number of likely N-dealkylation sites (tertiary alicyclic amines) is 1. The van der Waals surface area contributed by atoms with E-state index < -0.39 is 12.1 Å². The van der Waals surface area contributed by atoms with E-state index in [0.29, 0.717) is 37.9 Å². The van der Waals surface area contributed by atoms with Gasteiger partial charge in [-0.2, -0.15) is 13.2 Å². The standard InChI is InChI=1S/C14H20F3N3O/c15-14(16,17)10-2-1-5-20(8-10)9-13-6-12(19-21-13)7-18-11-3-4-11/h6,10-11,18H,1-5,7-9H2. The first-order valence-electron chi connectivity index (χ1n) is 7.47. The van der Waals surface area contributed by atoms with Gasteiger partial charge in [-0.05, 0) is 32.2 Å². The van der Waals surface area contributed by atoms with E-state index in [1.165, 1.54) is 12.8 Å². The van der Waals surface area contributed by atoms with Gasteiger partial charge in [0.25, 0.3) is 0 Å². The highest BCUT2D eigenvalue weighted by molar-refractivity contribution is 5.06. The maximum atomic E-state index is 12.8. The molecule has 1 aliphatic carbocycles. The molecule has 1 aromatic rings. The number of rotatable bonds is 5. The van der Waals surface area contributed by atoms with Crippen LogP contribution in [0.25, 0.3) is 0 Å². The van der Waals surface area contributed by atoms with E-state index >= 15 is 0 Å². The Kier molecular flexibility index (Phi) is 4.21. The van der Waals surface area contributed by atoms with Gasteiger partial charge in [0.1, 0.15) is 0 Å². The predicted molar refractivity (Wildman–Crippen MR) is 70.4 cm³/mol. The van der Waals surface area contributed by atoms with Crippen molar-refractivity contribution in [3.8, 4) is 0 Å². The quantitative estimate of drug-likeness (QED) is 0.908. The van der Waals surface area contributed by atoms with Gasteiger partial charge in [-0.25, -0.2) is 0 Å². The van der Waals surface area contributed by atoms with Crippen molar-refractivity contribution in [3.63, 3.8) is 0 Å². The van der Waals surface area contributed by atoms with Gasteiger partial charge in [0.05, 0.1) is 18.2 Å². The highest BCUT2D eigenvalue weighted by atomic mass is 19.4. The van der Waals surface area contributed by atoms with E-state index in [1.54, 1.807) is 4.90 Å². The van der Waals surface area contributed by atoms with E-state index in [-0.39, 0.29) is 13.0 Å². The molecule has 0 amide bonds. The molecule has 3 rings (SSSR count). The van der Waals surface area contributed by atoms with Crippen LogP contribution in [-0.4, -0.2) is 35.4 Å². The van der Waals surface area contributed by atoms with Crippen LogP contribution < -0.4 is 5.32 Å². The molecule has 1 N–H and O–H groups in total. The second-order valence-corrected chi connectivity index (χ2v) is 6.06. The fourth-order valence-corrected chi connectivity index (χ4v) is 2.74. The normalized spacial score (nSPS) is 24.4. The predicted octanol–water partition coefficient (Wildman–Crippen LogP) is 2.70. The van der Waals surface area contributed by atoms with Crippen LogP contribution in [0, 0.1) is 5.92 Å². The summed E-state index contributed by atoms with van der Waals surface area (Å²) in [5.41, 5.74) is 0.821. The molecule has 1 aromatic heterocycles. The second kappa shape index (κ2) is 5.96. The van der Waals surface area contributed by atoms with Crippen LogP contribution in [0.4, 0.5) is 13.2 Å². The van der Waals surface area contributed by atoms with Crippen molar-refractivity contribution in [2.24, 2.45) is 5.92 Å². The number of halogens is 3. The molecular weight excluding hydrogens is 283 g/mol. The Balaban J connectivity index is 1.50. The second-order valence-electron chi connectivity index (χ2n) is 6.06. The molecule has 0 spiro atoms. The Morgan fingerprint density at radius 1 is 1.33 bits per heavy atom. The summed E-state index contributed by atoms with van der Waals surface area (Å²) < 4.78 is 43.5. The Morgan fingerprint density at radius 2 is 2.14 bits per heavy atom. The molecule has 2 aliphatic rings. The van der Waals surface area contributed by atoms with Crippen molar-refractivity contribution in [2.75, 3.05) is 13.1 Å². The average Bonchev–Trinajstić information content (AvgIpc) is 3.16. The van der Waals surface area contributed by atoms with Crippen LogP contribution in [0.2, 0.25) is 0 Å². The van der Waals surface area contributed by atoms with Crippen LogP contribution in [0.15, 0.2) is 10.6 Å². The Morgan fingerprint density at radius 3 is 2.86 bits per heavy atom. The van der Waals surface area contributed by atoms with Crippen molar-refractivity contribution in [1.29, 1.82) is 0 Å². The molecular formula is C14H20F3N3O. The van der Waals surface area contributed by atoms with Gasteiger partial charge in [-0.15, -0.1) is 0 Å². The van der Waals surface area contributed by atoms with Crippen molar-refractivity contribution >= 4 is 0 Å². The zero-order valence-electron chi connectivity index (χ0n) is 11.8. The molecule has 118 valence electrons. The number of aromatic nitrogens is 1. The molecule has 2 heterocycles. The molecule has 7 heteroatoms. The zero-order valence-corrected chi connectivity index (χ0v) is 11.8.